The summed E-state index contributed by atoms with van der Waals surface area (Å²) >= 11 is 5.21. The molecule has 3 aromatic rings. The van der Waals surface area contributed by atoms with Crippen molar-refractivity contribution in [1.29, 1.82) is 0 Å². The summed E-state index contributed by atoms with van der Waals surface area (Å²) in [5.41, 5.74) is 5.55. The molecule has 0 radical (unpaired) electrons. The molecule has 0 unspecified atom stereocenters. The van der Waals surface area contributed by atoms with Crippen LogP contribution in [-0.2, 0) is 11.3 Å². The summed E-state index contributed by atoms with van der Waals surface area (Å²) in [6, 6.07) is 12.8. The Morgan fingerprint density at radius 2 is 1.80 bits per heavy atom. The minimum atomic E-state index is -0.338. The van der Waals surface area contributed by atoms with Gasteiger partial charge in [0.25, 0.3) is 0 Å². The zero-order valence-corrected chi connectivity index (χ0v) is 22.8. The lowest BCUT2D eigenvalue weighted by Gasteiger charge is -2.33. The molecule has 35 heavy (non-hydrogen) atoms. The van der Waals surface area contributed by atoms with Gasteiger partial charge in [0.05, 0.1) is 12.6 Å². The second-order valence-corrected chi connectivity index (χ2v) is 10.8. The first-order chi connectivity index (χ1) is 16.6. The molecule has 7 heteroatoms. The Morgan fingerprint density at radius 3 is 2.43 bits per heavy atom. The highest BCUT2D eigenvalue weighted by Gasteiger charge is 2.27. The first-order valence-electron chi connectivity index (χ1n) is 11.5. The van der Waals surface area contributed by atoms with Gasteiger partial charge >= 0.3 is 5.97 Å². The van der Waals surface area contributed by atoms with E-state index in [2.05, 4.69) is 44.8 Å². The van der Waals surface area contributed by atoms with E-state index in [0.717, 1.165) is 44.1 Å². The second kappa shape index (κ2) is 11.2. The summed E-state index contributed by atoms with van der Waals surface area (Å²) in [6.45, 7) is 10.4. The van der Waals surface area contributed by atoms with Crippen LogP contribution in [0.3, 0.4) is 0 Å². The van der Waals surface area contributed by atoms with E-state index in [-0.39, 0.29) is 23.9 Å². The topological polar surface area (TPSA) is 67.8 Å². The van der Waals surface area contributed by atoms with Gasteiger partial charge in [-0.1, -0.05) is 19.1 Å². The summed E-state index contributed by atoms with van der Waals surface area (Å²) in [7, 11) is 1.57. The molecule has 0 saturated heterocycles. The molecule has 2 aromatic carbocycles. The summed E-state index contributed by atoms with van der Waals surface area (Å²) in [6.07, 6.45) is 2.18. The molecule has 0 saturated carbocycles. The van der Waals surface area contributed by atoms with Crippen molar-refractivity contribution in [3.05, 3.63) is 69.4 Å². The molecule has 4 rings (SSSR count). The van der Waals surface area contributed by atoms with Crippen molar-refractivity contribution in [2.75, 3.05) is 18.2 Å². The molecule has 2 heterocycles. The molecule has 1 aliphatic heterocycles. The predicted octanol–water partition coefficient (Wildman–Crippen LogP) is 7.34. The van der Waals surface area contributed by atoms with Crippen LogP contribution in [0.25, 0.3) is 16.7 Å². The molecular weight excluding hydrogens is 478 g/mol. The van der Waals surface area contributed by atoms with Gasteiger partial charge in [-0.05, 0) is 74.9 Å². The van der Waals surface area contributed by atoms with E-state index in [1.807, 2.05) is 38.1 Å². The summed E-state index contributed by atoms with van der Waals surface area (Å²) in [5.74, 6) is 1.29. The Morgan fingerprint density at radius 1 is 1.11 bits per heavy atom. The molecule has 0 atom stereocenters. The number of carbonyl (C=O) groups excluding carboxylic acids is 1. The average molecular weight is 512 g/mol. The number of nitrogens with one attached hydrogen (secondary N) is 1. The van der Waals surface area contributed by atoms with Gasteiger partial charge in [-0.3, -0.25) is 0 Å². The van der Waals surface area contributed by atoms with E-state index in [4.69, 9.17) is 9.47 Å². The van der Waals surface area contributed by atoms with E-state index in [1.165, 1.54) is 11.3 Å². The number of thiophene rings is 1. The number of methoxy groups -OCH3 is 1. The van der Waals surface area contributed by atoms with E-state index in [1.54, 1.807) is 25.3 Å². The number of hydrogen-bond acceptors (Lipinski definition) is 7. The van der Waals surface area contributed by atoms with Gasteiger partial charge in [0.2, 0.25) is 0 Å². The quantitative estimate of drug-likeness (QED) is 0.247. The zero-order valence-electron chi connectivity index (χ0n) is 21.1. The summed E-state index contributed by atoms with van der Waals surface area (Å²) in [4.78, 5) is 14.3. The Bertz CT molecular complexity index is 1240. The van der Waals surface area contributed by atoms with Gasteiger partial charge in [-0.2, -0.15) is 12.6 Å². The van der Waals surface area contributed by atoms with Crippen LogP contribution < -0.4 is 10.1 Å². The van der Waals surface area contributed by atoms with Crippen LogP contribution in [0, 0.1) is 6.92 Å². The highest BCUT2D eigenvalue weighted by molar-refractivity contribution is 7.80. The molecule has 0 aliphatic carbocycles. The maximum atomic E-state index is 12.7. The molecule has 5 nitrogen and oxygen atoms in total. The molecule has 1 aliphatic rings. The Balaban J connectivity index is 0.00000108. The van der Waals surface area contributed by atoms with Crippen molar-refractivity contribution in [1.82, 2.24) is 0 Å². The van der Waals surface area contributed by atoms with Crippen molar-refractivity contribution in [2.24, 2.45) is 0 Å². The van der Waals surface area contributed by atoms with Crippen LogP contribution in [0.2, 0.25) is 0 Å². The molecule has 0 bridgehead atoms. The van der Waals surface area contributed by atoms with Crippen LogP contribution in [0.5, 0.6) is 11.5 Å². The van der Waals surface area contributed by atoms with Crippen LogP contribution in [0.1, 0.15) is 53.4 Å². The van der Waals surface area contributed by atoms with Gasteiger partial charge in [0.15, 0.2) is 0 Å². The number of hydrogen-bond donors (Lipinski definition) is 3. The minimum absolute atomic E-state index is 0.117. The number of allylic oxidation sites excluding steroid dienone is 1. The van der Waals surface area contributed by atoms with Gasteiger partial charge in [0.1, 0.15) is 23.0 Å². The lowest BCUT2D eigenvalue weighted by Crippen LogP contribution is -2.32. The number of anilines is 1. The largest absolute Gasteiger partial charge is 0.508 e. The van der Waals surface area contributed by atoms with Crippen molar-refractivity contribution >= 4 is 41.2 Å². The molecular formula is C28H33NO4S2. The number of esters is 1. The molecule has 186 valence electrons. The smallest absolute Gasteiger partial charge is 0.348 e. The van der Waals surface area contributed by atoms with Gasteiger partial charge in [0, 0.05) is 33.3 Å². The van der Waals surface area contributed by atoms with Crippen molar-refractivity contribution in [3.63, 3.8) is 0 Å². The Hall–Kier alpha value is -2.90. The SMILES string of the molecule is CCS.COc1cc(O)ccc1-c1ccc2c(c1COC(=O)c1ccc(C)s1)C(C)=CC(C)(C)N2. The van der Waals surface area contributed by atoms with Gasteiger partial charge < -0.3 is 19.9 Å². The maximum absolute atomic E-state index is 12.7. The third kappa shape index (κ3) is 6.21. The number of thiol groups is 1. The monoisotopic (exact) mass is 511 g/mol. The maximum Gasteiger partial charge on any atom is 0.348 e. The van der Waals surface area contributed by atoms with E-state index >= 15 is 0 Å². The van der Waals surface area contributed by atoms with Crippen molar-refractivity contribution in [2.45, 2.75) is 46.8 Å². The number of aryl methyl sites for hydroxylation is 1. The predicted molar refractivity (Wildman–Crippen MR) is 149 cm³/mol. The van der Waals surface area contributed by atoms with Crippen molar-refractivity contribution < 1.29 is 19.4 Å². The minimum Gasteiger partial charge on any atom is -0.508 e. The molecule has 1 aromatic heterocycles. The van der Waals surface area contributed by atoms with Crippen LogP contribution in [0.15, 0.2) is 48.5 Å². The van der Waals surface area contributed by atoms with Gasteiger partial charge in [-0.25, -0.2) is 4.79 Å². The molecule has 2 N–H and O–H groups in total. The number of carbonyl (C=O) groups is 1. The number of phenols is 1. The Kier molecular flexibility index (Phi) is 8.56. The van der Waals surface area contributed by atoms with Crippen molar-refractivity contribution in [3.8, 4) is 22.6 Å². The number of rotatable bonds is 5. The number of fused-ring (bicyclic) bond motifs is 1. The van der Waals surface area contributed by atoms with Crippen LogP contribution >= 0.6 is 24.0 Å². The molecule has 0 fully saturated rings. The van der Waals surface area contributed by atoms with Crippen LogP contribution in [-0.4, -0.2) is 29.5 Å². The normalized spacial score (nSPS) is 13.5. The third-order valence-electron chi connectivity index (χ3n) is 5.51. The van der Waals surface area contributed by atoms with E-state index < -0.39 is 0 Å². The fraction of sp³-hybridized carbons (Fsp3) is 0.321. The highest BCUT2D eigenvalue weighted by atomic mass is 32.1. The standard InChI is InChI=1S/C26H27NO4S.C2H6S/c1-15-13-26(3,4)27-21-10-9-18(19-8-7-17(28)12-22(19)30-5)20(24(15)21)14-31-25(29)23-11-6-16(2)32-23;1-2-3/h6-13,27-28H,14H2,1-5H3;3H,2H2,1H3. The Labute approximate surface area is 217 Å². The number of ether oxygens (including phenoxy) is 2. The second-order valence-electron chi connectivity index (χ2n) is 8.88. The average Bonchev–Trinajstić information content (AvgIpc) is 3.23. The third-order valence-corrected chi connectivity index (χ3v) is 6.49. The zero-order chi connectivity index (χ0) is 25.8. The lowest BCUT2D eigenvalue weighted by molar-refractivity contribution is 0.0479. The first-order valence-corrected chi connectivity index (χ1v) is 12.9. The summed E-state index contributed by atoms with van der Waals surface area (Å²) in [5, 5.41) is 13.5. The number of aromatic hydroxyl groups is 1. The fourth-order valence-corrected chi connectivity index (χ4v) is 5.02. The highest BCUT2D eigenvalue weighted by Crippen LogP contribution is 2.43. The van der Waals surface area contributed by atoms with Crippen LogP contribution in [0.4, 0.5) is 5.69 Å². The van der Waals surface area contributed by atoms with E-state index in [9.17, 15) is 9.90 Å². The molecule has 0 amide bonds. The molecule has 0 spiro atoms. The van der Waals surface area contributed by atoms with Gasteiger partial charge in [-0.15, -0.1) is 11.3 Å². The number of phenolic OH excluding ortho intramolecular Hbond substituents is 1. The lowest BCUT2D eigenvalue weighted by atomic mass is 9.85. The number of benzene rings is 2. The summed E-state index contributed by atoms with van der Waals surface area (Å²) < 4.78 is 11.3. The fourth-order valence-electron chi connectivity index (χ4n) is 4.26. The first kappa shape index (κ1) is 26.7. The van der Waals surface area contributed by atoms with E-state index in [0.29, 0.717) is 10.6 Å².